The highest BCUT2D eigenvalue weighted by molar-refractivity contribution is 7.92. The largest absolute Gasteiger partial charge is 0.475 e. The Hall–Kier alpha value is -4.38. The zero-order valence-corrected chi connectivity index (χ0v) is 20.8. The highest BCUT2D eigenvalue weighted by atomic mass is 32.2. The molecule has 11 heteroatoms. The molecule has 5 rings (SSSR count). The van der Waals surface area contributed by atoms with Crippen molar-refractivity contribution in [2.75, 3.05) is 17.5 Å². The van der Waals surface area contributed by atoms with Gasteiger partial charge in [-0.1, -0.05) is 30.3 Å². The lowest BCUT2D eigenvalue weighted by molar-refractivity contribution is -0.151. The third kappa shape index (κ3) is 4.06. The fourth-order valence-electron chi connectivity index (χ4n) is 4.33. The molecule has 10 nitrogen and oxygen atoms in total. The average Bonchev–Trinajstić information content (AvgIpc) is 2.91. The van der Waals surface area contributed by atoms with E-state index in [1.807, 2.05) is 0 Å². The van der Waals surface area contributed by atoms with Crippen molar-refractivity contribution in [2.45, 2.75) is 17.9 Å². The number of esters is 1. The second kappa shape index (κ2) is 9.25. The second-order valence-corrected chi connectivity index (χ2v) is 10.2. The lowest BCUT2D eigenvalue weighted by atomic mass is 10.2. The van der Waals surface area contributed by atoms with E-state index in [4.69, 9.17) is 9.47 Å². The van der Waals surface area contributed by atoms with Gasteiger partial charge in [0.25, 0.3) is 15.6 Å². The van der Waals surface area contributed by atoms with Crippen molar-refractivity contribution in [1.82, 2.24) is 9.13 Å². The summed E-state index contributed by atoms with van der Waals surface area (Å²) in [4.78, 5) is 38.6. The molecule has 0 amide bonds. The number of nitrogens with zero attached hydrogens (tertiary/aromatic N) is 3. The Morgan fingerprint density at radius 3 is 2.54 bits per heavy atom. The van der Waals surface area contributed by atoms with Crippen LogP contribution in [0.25, 0.3) is 16.6 Å². The van der Waals surface area contributed by atoms with Gasteiger partial charge in [0, 0.05) is 7.05 Å². The van der Waals surface area contributed by atoms with E-state index >= 15 is 0 Å². The number of carbonyl (C=O) groups excluding carboxylic acids is 1. The number of benzene rings is 3. The SMILES string of the molecule is CCOC(=O)C1CN(S(=O)(=O)c2cccc(-n3c(=O)c4ccccc4n(C)c3=O)c2)c2ccccc2O1. The molecule has 0 saturated carbocycles. The Labute approximate surface area is 212 Å². The van der Waals surface area contributed by atoms with Crippen molar-refractivity contribution >= 4 is 32.6 Å². The normalized spacial score (nSPS) is 15.2. The molecule has 1 atom stereocenters. The monoisotopic (exact) mass is 521 g/mol. The lowest BCUT2D eigenvalue weighted by Gasteiger charge is -2.34. The predicted octanol–water partition coefficient (Wildman–Crippen LogP) is 2.21. The molecule has 3 aromatic carbocycles. The third-order valence-electron chi connectivity index (χ3n) is 6.13. The standard InChI is InChI=1S/C26H23N3O7S/c1-3-35-25(31)23-16-28(21-13-6-7-14-22(21)36-23)37(33,34)18-10-8-9-17(15-18)29-24(30)19-11-4-5-12-20(19)27(2)26(29)32/h4-15,23H,3,16H2,1-2H3. The fourth-order valence-corrected chi connectivity index (χ4v) is 5.85. The summed E-state index contributed by atoms with van der Waals surface area (Å²) in [6.45, 7) is 1.46. The number of aromatic nitrogens is 2. The van der Waals surface area contributed by atoms with Gasteiger partial charge in [-0.3, -0.25) is 13.7 Å². The summed E-state index contributed by atoms with van der Waals surface area (Å²) in [5, 5.41) is 0.317. The molecular weight excluding hydrogens is 498 g/mol. The van der Waals surface area contributed by atoms with Crippen molar-refractivity contribution in [3.8, 4) is 11.4 Å². The number of para-hydroxylation sites is 3. The maximum atomic E-state index is 13.9. The van der Waals surface area contributed by atoms with E-state index in [0.717, 1.165) is 8.87 Å². The summed E-state index contributed by atoms with van der Waals surface area (Å²) in [5.41, 5.74) is -0.356. The number of carbonyl (C=O) groups is 1. The highest BCUT2D eigenvalue weighted by Gasteiger charge is 2.38. The van der Waals surface area contributed by atoms with Crippen LogP contribution in [0.5, 0.6) is 5.75 Å². The van der Waals surface area contributed by atoms with Gasteiger partial charge in [0.05, 0.1) is 40.3 Å². The summed E-state index contributed by atoms with van der Waals surface area (Å²) in [5.74, 6) is -0.469. The molecule has 190 valence electrons. The highest BCUT2D eigenvalue weighted by Crippen LogP contribution is 2.37. The molecule has 4 aromatic rings. The molecule has 1 unspecified atom stereocenters. The van der Waals surface area contributed by atoms with E-state index in [1.165, 1.54) is 28.8 Å². The number of anilines is 1. The number of fused-ring (bicyclic) bond motifs is 2. The number of hydrogen-bond donors (Lipinski definition) is 0. The van der Waals surface area contributed by atoms with Gasteiger partial charge in [-0.25, -0.2) is 22.6 Å². The Morgan fingerprint density at radius 2 is 1.76 bits per heavy atom. The van der Waals surface area contributed by atoms with Crippen molar-refractivity contribution in [3.63, 3.8) is 0 Å². The maximum Gasteiger partial charge on any atom is 0.349 e. The van der Waals surface area contributed by atoms with Gasteiger partial charge >= 0.3 is 11.7 Å². The fraction of sp³-hybridized carbons (Fsp3) is 0.192. The van der Waals surface area contributed by atoms with Crippen molar-refractivity contribution in [3.05, 3.63) is 93.6 Å². The van der Waals surface area contributed by atoms with Gasteiger partial charge in [0.15, 0.2) is 0 Å². The third-order valence-corrected chi connectivity index (χ3v) is 7.90. The Kier molecular flexibility index (Phi) is 6.08. The van der Waals surface area contributed by atoms with Crippen LogP contribution in [-0.4, -0.2) is 42.8 Å². The molecule has 0 bridgehead atoms. The Balaban J connectivity index is 1.63. The molecule has 1 aliphatic heterocycles. The van der Waals surface area contributed by atoms with Crippen LogP contribution in [0.4, 0.5) is 5.69 Å². The minimum atomic E-state index is -4.24. The zero-order valence-electron chi connectivity index (χ0n) is 20.0. The molecular formula is C26H23N3O7S. The summed E-state index contributed by atoms with van der Waals surface area (Å²) in [6.07, 6.45) is -1.16. The lowest BCUT2D eigenvalue weighted by Crippen LogP contribution is -2.47. The van der Waals surface area contributed by atoms with E-state index in [-0.39, 0.29) is 35.2 Å². The smallest absolute Gasteiger partial charge is 0.349 e. The van der Waals surface area contributed by atoms with Crippen LogP contribution in [0, 0.1) is 0 Å². The van der Waals surface area contributed by atoms with Crippen LogP contribution in [0.3, 0.4) is 0 Å². The van der Waals surface area contributed by atoms with Gasteiger partial charge < -0.3 is 9.47 Å². The van der Waals surface area contributed by atoms with Crippen LogP contribution in [0.2, 0.25) is 0 Å². The molecule has 0 radical (unpaired) electrons. The molecule has 0 saturated heterocycles. The quantitative estimate of drug-likeness (QED) is 0.370. The summed E-state index contributed by atoms with van der Waals surface area (Å²) < 4.78 is 41.8. The number of hydrogen-bond acceptors (Lipinski definition) is 7. The predicted molar refractivity (Wildman–Crippen MR) is 137 cm³/mol. The van der Waals surface area contributed by atoms with Crippen molar-refractivity contribution in [1.29, 1.82) is 0 Å². The van der Waals surface area contributed by atoms with Gasteiger partial charge in [0.2, 0.25) is 6.10 Å². The number of rotatable bonds is 5. The summed E-state index contributed by atoms with van der Waals surface area (Å²) in [6, 6.07) is 18.7. The van der Waals surface area contributed by atoms with Crippen LogP contribution < -0.4 is 20.3 Å². The molecule has 0 spiro atoms. The summed E-state index contributed by atoms with van der Waals surface area (Å²) >= 11 is 0. The first kappa shape index (κ1) is 24.3. The van der Waals surface area contributed by atoms with E-state index < -0.39 is 33.3 Å². The second-order valence-electron chi connectivity index (χ2n) is 8.36. The molecule has 1 aliphatic rings. The van der Waals surface area contributed by atoms with Gasteiger partial charge in [0.1, 0.15) is 5.75 Å². The minimum absolute atomic E-state index is 0.0981. The van der Waals surface area contributed by atoms with Crippen LogP contribution in [0.1, 0.15) is 6.92 Å². The van der Waals surface area contributed by atoms with Gasteiger partial charge in [-0.05, 0) is 49.4 Å². The number of aryl methyl sites for hydroxylation is 1. The maximum absolute atomic E-state index is 13.9. The van der Waals surface area contributed by atoms with Crippen LogP contribution in [-0.2, 0) is 26.6 Å². The Bertz CT molecular complexity index is 1760. The molecule has 37 heavy (non-hydrogen) atoms. The summed E-state index contributed by atoms with van der Waals surface area (Å²) in [7, 11) is -2.70. The number of sulfonamides is 1. The molecule has 0 aliphatic carbocycles. The van der Waals surface area contributed by atoms with Crippen molar-refractivity contribution < 1.29 is 22.7 Å². The minimum Gasteiger partial charge on any atom is -0.475 e. The van der Waals surface area contributed by atoms with Gasteiger partial charge in [-0.2, -0.15) is 0 Å². The first-order valence-corrected chi connectivity index (χ1v) is 12.9. The topological polar surface area (TPSA) is 117 Å². The van der Waals surface area contributed by atoms with E-state index in [2.05, 4.69) is 0 Å². The van der Waals surface area contributed by atoms with Crippen LogP contribution in [0.15, 0.2) is 87.3 Å². The number of ether oxygens (including phenoxy) is 2. The zero-order chi connectivity index (χ0) is 26.3. The molecule has 2 heterocycles. The van der Waals surface area contributed by atoms with Gasteiger partial charge in [-0.15, -0.1) is 0 Å². The average molecular weight is 522 g/mol. The van der Waals surface area contributed by atoms with E-state index in [1.54, 1.807) is 62.5 Å². The first-order valence-electron chi connectivity index (χ1n) is 11.5. The molecule has 1 aromatic heterocycles. The van der Waals surface area contributed by atoms with Crippen LogP contribution >= 0.6 is 0 Å². The first-order chi connectivity index (χ1) is 17.7. The van der Waals surface area contributed by atoms with Crippen molar-refractivity contribution in [2.24, 2.45) is 7.05 Å². The molecule has 0 fully saturated rings. The van der Waals surface area contributed by atoms with E-state index in [0.29, 0.717) is 10.9 Å². The van der Waals surface area contributed by atoms with E-state index in [9.17, 15) is 22.8 Å². The molecule has 0 N–H and O–H groups in total. The Morgan fingerprint density at radius 1 is 1.03 bits per heavy atom.